The van der Waals surface area contributed by atoms with Gasteiger partial charge in [-0.05, 0) is 80.8 Å². The molecule has 1 spiro atoms. The van der Waals surface area contributed by atoms with E-state index in [1.807, 2.05) is 0 Å². The molecule has 0 radical (unpaired) electrons. The molecule has 0 N–H and O–H groups in total. The van der Waals surface area contributed by atoms with Crippen LogP contribution in [0.3, 0.4) is 0 Å². The molecular weight excluding hydrogens is 707 g/mol. The molecule has 7 aromatic carbocycles. The molecule has 2 unspecified atom stereocenters. The van der Waals surface area contributed by atoms with Gasteiger partial charge in [-0.3, -0.25) is 0 Å². The SMILES string of the molecule is C=C(/C=C\CC)C1C=CC=CC1N(c1ccc2c(c1)Oc1ccc3c(c1O2)-c1ccccc1C31c2ccccc2-c2ccccc21)c1ccccc1-c1ccccc1. The molecule has 2 atom stereocenters. The molecule has 58 heavy (non-hydrogen) atoms. The number of fused-ring (bicyclic) bond motifs is 13. The van der Waals surface area contributed by atoms with Gasteiger partial charge in [-0.25, -0.2) is 0 Å². The van der Waals surface area contributed by atoms with Crippen molar-refractivity contribution in [1.82, 2.24) is 0 Å². The fourth-order valence-electron chi connectivity index (χ4n) is 9.94. The van der Waals surface area contributed by atoms with Gasteiger partial charge in [0.1, 0.15) is 0 Å². The van der Waals surface area contributed by atoms with Crippen molar-refractivity contribution >= 4 is 11.4 Å². The third-order valence-corrected chi connectivity index (χ3v) is 12.4. The maximum atomic E-state index is 7.05. The van der Waals surface area contributed by atoms with Crippen LogP contribution >= 0.6 is 0 Å². The Morgan fingerprint density at radius 1 is 0.603 bits per heavy atom. The third kappa shape index (κ3) is 4.99. The number of para-hydroxylation sites is 1. The van der Waals surface area contributed by atoms with Crippen LogP contribution in [0.2, 0.25) is 0 Å². The van der Waals surface area contributed by atoms with Crippen molar-refractivity contribution in [3.63, 3.8) is 0 Å². The van der Waals surface area contributed by atoms with E-state index in [4.69, 9.17) is 9.47 Å². The summed E-state index contributed by atoms with van der Waals surface area (Å²) in [5.41, 5.74) is 15.0. The van der Waals surface area contributed by atoms with E-state index < -0.39 is 5.41 Å². The monoisotopic (exact) mass is 747 g/mol. The zero-order valence-electron chi connectivity index (χ0n) is 32.3. The molecule has 278 valence electrons. The molecule has 3 nitrogen and oxygen atoms in total. The second-order valence-electron chi connectivity index (χ2n) is 15.5. The van der Waals surface area contributed by atoms with Gasteiger partial charge in [-0.2, -0.15) is 0 Å². The molecule has 11 rings (SSSR count). The van der Waals surface area contributed by atoms with Gasteiger partial charge in [-0.1, -0.05) is 177 Å². The summed E-state index contributed by atoms with van der Waals surface area (Å²) in [7, 11) is 0. The number of anilines is 2. The second kappa shape index (κ2) is 13.5. The van der Waals surface area contributed by atoms with Crippen molar-refractivity contribution in [2.24, 2.45) is 5.92 Å². The van der Waals surface area contributed by atoms with E-state index in [2.05, 4.69) is 213 Å². The van der Waals surface area contributed by atoms with Crippen molar-refractivity contribution in [2.75, 3.05) is 4.90 Å². The second-order valence-corrected chi connectivity index (χ2v) is 15.5. The molecule has 4 aliphatic rings. The minimum absolute atomic E-state index is 0.0476. The van der Waals surface area contributed by atoms with Crippen LogP contribution < -0.4 is 14.4 Å². The fourth-order valence-corrected chi connectivity index (χ4v) is 9.94. The number of benzene rings is 7. The van der Waals surface area contributed by atoms with E-state index >= 15 is 0 Å². The van der Waals surface area contributed by atoms with E-state index in [1.165, 1.54) is 38.9 Å². The number of hydrogen-bond donors (Lipinski definition) is 0. The van der Waals surface area contributed by atoms with Gasteiger partial charge in [-0.15, -0.1) is 0 Å². The predicted molar refractivity (Wildman–Crippen MR) is 237 cm³/mol. The molecule has 7 aromatic rings. The van der Waals surface area contributed by atoms with E-state index in [9.17, 15) is 0 Å². The molecule has 1 heterocycles. The molecule has 3 aliphatic carbocycles. The minimum atomic E-state index is -0.455. The van der Waals surface area contributed by atoms with E-state index in [0.29, 0.717) is 17.2 Å². The summed E-state index contributed by atoms with van der Waals surface area (Å²) in [5.74, 6) is 2.89. The van der Waals surface area contributed by atoms with Crippen molar-refractivity contribution in [2.45, 2.75) is 24.8 Å². The highest BCUT2D eigenvalue weighted by molar-refractivity contribution is 5.98. The first-order chi connectivity index (χ1) is 28.7. The number of rotatable bonds is 7. The summed E-state index contributed by atoms with van der Waals surface area (Å²) in [6.45, 7) is 6.72. The smallest absolute Gasteiger partial charge is 0.178 e. The Morgan fingerprint density at radius 2 is 1.22 bits per heavy atom. The van der Waals surface area contributed by atoms with Gasteiger partial charge < -0.3 is 14.4 Å². The molecule has 0 saturated carbocycles. The molecule has 3 heteroatoms. The predicted octanol–water partition coefficient (Wildman–Crippen LogP) is 14.4. The minimum Gasteiger partial charge on any atom is -0.449 e. The largest absolute Gasteiger partial charge is 0.449 e. The van der Waals surface area contributed by atoms with Crippen LogP contribution in [0.1, 0.15) is 35.6 Å². The lowest BCUT2D eigenvalue weighted by atomic mass is 9.70. The van der Waals surface area contributed by atoms with Crippen LogP contribution in [0.5, 0.6) is 23.0 Å². The summed E-state index contributed by atoms with van der Waals surface area (Å²) >= 11 is 0. The summed E-state index contributed by atoms with van der Waals surface area (Å²) in [5, 5.41) is 0. The number of ether oxygens (including phenoxy) is 2. The molecule has 1 aliphatic heterocycles. The van der Waals surface area contributed by atoms with Crippen LogP contribution in [0, 0.1) is 5.92 Å². The van der Waals surface area contributed by atoms with Gasteiger partial charge in [0, 0.05) is 34.5 Å². The standard InChI is InChI=1S/C55H41NO2/c1-3-4-18-36(2)39-21-11-16-29-48(39)56(49-30-17-12-22-40(49)37-19-6-5-7-20-37)38-31-33-50-52(35-38)57-51-34-32-47-53(54(51)58-50)43-25-10-15-28-46(43)55(47)44-26-13-8-23-41(44)42-24-9-14-27-45(42)55/h4-35,39,48H,2-3H2,1H3/b18-4-. The van der Waals surface area contributed by atoms with Crippen LogP contribution in [-0.4, -0.2) is 6.04 Å². The van der Waals surface area contributed by atoms with E-state index in [-0.39, 0.29) is 12.0 Å². The Hall–Kier alpha value is -7.10. The van der Waals surface area contributed by atoms with Crippen LogP contribution in [0.4, 0.5) is 11.4 Å². The van der Waals surface area contributed by atoms with Gasteiger partial charge >= 0.3 is 0 Å². The van der Waals surface area contributed by atoms with Crippen molar-refractivity contribution in [1.29, 1.82) is 0 Å². The molecule has 0 amide bonds. The lowest BCUT2D eigenvalue weighted by Crippen LogP contribution is -2.37. The zero-order valence-corrected chi connectivity index (χ0v) is 32.3. The van der Waals surface area contributed by atoms with Crippen LogP contribution in [0.25, 0.3) is 33.4 Å². The molecular formula is C55H41NO2. The Balaban J connectivity index is 1.05. The Labute approximate surface area is 340 Å². The van der Waals surface area contributed by atoms with Crippen molar-refractivity contribution in [3.8, 4) is 56.4 Å². The highest BCUT2D eigenvalue weighted by atomic mass is 16.6. The van der Waals surface area contributed by atoms with Gasteiger partial charge in [0.05, 0.1) is 11.5 Å². The summed E-state index contributed by atoms with van der Waals surface area (Å²) in [4.78, 5) is 2.44. The average molecular weight is 748 g/mol. The topological polar surface area (TPSA) is 21.7 Å². The number of hydrogen-bond acceptors (Lipinski definition) is 3. The number of nitrogens with zero attached hydrogens (tertiary/aromatic N) is 1. The van der Waals surface area contributed by atoms with Gasteiger partial charge in [0.2, 0.25) is 0 Å². The molecule has 0 bridgehead atoms. The van der Waals surface area contributed by atoms with E-state index in [0.717, 1.165) is 45.8 Å². The first kappa shape index (κ1) is 34.2. The highest BCUT2D eigenvalue weighted by Crippen LogP contribution is 2.66. The summed E-state index contributed by atoms with van der Waals surface area (Å²) in [6.07, 6.45) is 14.2. The first-order valence-corrected chi connectivity index (χ1v) is 20.3. The van der Waals surface area contributed by atoms with E-state index in [1.54, 1.807) is 0 Å². The zero-order chi connectivity index (χ0) is 38.8. The summed E-state index contributed by atoms with van der Waals surface area (Å²) < 4.78 is 14.0. The van der Waals surface area contributed by atoms with Gasteiger partial charge in [0.25, 0.3) is 0 Å². The first-order valence-electron chi connectivity index (χ1n) is 20.3. The third-order valence-electron chi connectivity index (χ3n) is 12.4. The van der Waals surface area contributed by atoms with Crippen LogP contribution in [0.15, 0.2) is 206 Å². The van der Waals surface area contributed by atoms with Gasteiger partial charge in [0.15, 0.2) is 23.0 Å². The summed E-state index contributed by atoms with van der Waals surface area (Å²) in [6, 6.07) is 56.6. The van der Waals surface area contributed by atoms with Crippen molar-refractivity contribution < 1.29 is 9.47 Å². The fraction of sp³-hybridized carbons (Fsp3) is 0.0909. The lowest BCUT2D eigenvalue weighted by Gasteiger charge is -2.39. The lowest BCUT2D eigenvalue weighted by molar-refractivity contribution is 0.360. The van der Waals surface area contributed by atoms with Crippen LogP contribution in [-0.2, 0) is 5.41 Å². The maximum absolute atomic E-state index is 7.05. The van der Waals surface area contributed by atoms with Crippen molar-refractivity contribution in [3.05, 3.63) is 229 Å². The quantitative estimate of drug-likeness (QED) is 0.152. The Bertz CT molecular complexity index is 2830. The Kier molecular flexibility index (Phi) is 7.97. The normalized spacial score (nSPS) is 17.1. The maximum Gasteiger partial charge on any atom is 0.178 e. The highest BCUT2D eigenvalue weighted by Gasteiger charge is 2.53. The number of allylic oxidation sites excluding steroid dienone is 4. The molecule has 0 fully saturated rings. The molecule has 0 aromatic heterocycles. The Morgan fingerprint density at radius 3 is 1.97 bits per heavy atom. The average Bonchev–Trinajstić information content (AvgIpc) is 3.76. The molecule has 0 saturated heterocycles.